The average molecular weight is 486 g/mol. The summed E-state index contributed by atoms with van der Waals surface area (Å²) in [4.78, 5) is 2.80. The summed E-state index contributed by atoms with van der Waals surface area (Å²) in [6.45, 7) is 2.29. The lowest BCUT2D eigenvalue weighted by atomic mass is 9.36. The van der Waals surface area contributed by atoms with Gasteiger partial charge < -0.3 is 19.3 Å². The lowest BCUT2D eigenvalue weighted by molar-refractivity contribution is -0.233. The minimum absolute atomic E-state index is 0.0988. The number of fused-ring (bicyclic) bond motifs is 1. The fourth-order valence-electron chi connectivity index (χ4n) is 9.22. The van der Waals surface area contributed by atoms with E-state index in [-0.39, 0.29) is 22.9 Å². The number of hydrogen-bond acceptors (Lipinski definition) is 5. The van der Waals surface area contributed by atoms with Gasteiger partial charge in [-0.1, -0.05) is 48.6 Å². The van der Waals surface area contributed by atoms with E-state index in [2.05, 4.69) is 29.2 Å². The van der Waals surface area contributed by atoms with Crippen molar-refractivity contribution in [3.63, 3.8) is 0 Å². The first kappa shape index (κ1) is 21.7. The molecule has 0 amide bonds. The highest BCUT2D eigenvalue weighted by Gasteiger charge is 2.79. The molecule has 1 N–H and O–H groups in total. The van der Waals surface area contributed by atoms with Gasteiger partial charge in [0.05, 0.1) is 18.6 Å². The Balaban J connectivity index is 1.36. The van der Waals surface area contributed by atoms with Gasteiger partial charge in [-0.2, -0.15) is 0 Å². The first-order valence-corrected chi connectivity index (χ1v) is 13.7. The van der Waals surface area contributed by atoms with Crippen molar-refractivity contribution in [2.45, 2.75) is 61.4 Å². The molecule has 2 aromatic carbocycles. The maximum atomic E-state index is 11.9. The molecular weight excluding hydrogens is 450 g/mol. The topological polar surface area (TPSA) is 51.2 Å². The molecule has 4 bridgehead atoms. The molecule has 36 heavy (non-hydrogen) atoms. The molecule has 9 rings (SSSR count). The van der Waals surface area contributed by atoms with Crippen LogP contribution in [-0.2, 0) is 16.6 Å². The Kier molecular flexibility index (Phi) is 4.31. The van der Waals surface area contributed by atoms with Gasteiger partial charge in [-0.05, 0) is 61.8 Å². The molecule has 7 aliphatic rings. The predicted octanol–water partition coefficient (Wildman–Crippen LogP) is 4.43. The first-order valence-electron chi connectivity index (χ1n) is 13.7. The van der Waals surface area contributed by atoms with Gasteiger partial charge in [-0.25, -0.2) is 0 Å². The fraction of sp³-hybridized carbons (Fsp3) is 0.548. The highest BCUT2D eigenvalue weighted by molar-refractivity contribution is 5.65. The zero-order valence-electron chi connectivity index (χ0n) is 21.2. The molecule has 5 aliphatic carbocycles. The number of ether oxygens (including phenoxy) is 3. The van der Waals surface area contributed by atoms with E-state index in [9.17, 15) is 5.11 Å². The second-order valence-electron chi connectivity index (χ2n) is 12.1. The largest absolute Gasteiger partial charge is 0.493 e. The highest BCUT2D eigenvalue weighted by Crippen LogP contribution is 2.75. The SMILES string of the molecule is COc1ccc2c3c1O[C@H]1[C@@]4(OC)C=C[C@@]5(C[C@@H]4C(O)c4ccccc4)[C@@H](C2)N(CC2CC2)CC[C@]315. The molecule has 1 unspecified atom stereocenters. The summed E-state index contributed by atoms with van der Waals surface area (Å²) >= 11 is 0. The van der Waals surface area contributed by atoms with Crippen LogP contribution in [0.4, 0.5) is 0 Å². The monoisotopic (exact) mass is 485 g/mol. The molecule has 1 saturated heterocycles. The van der Waals surface area contributed by atoms with E-state index in [0.29, 0.717) is 6.04 Å². The summed E-state index contributed by atoms with van der Waals surface area (Å²) in [5.41, 5.74) is 2.77. The van der Waals surface area contributed by atoms with Gasteiger partial charge in [-0.15, -0.1) is 0 Å². The second kappa shape index (κ2) is 7.15. The smallest absolute Gasteiger partial charge is 0.166 e. The molecule has 0 radical (unpaired) electrons. The van der Waals surface area contributed by atoms with E-state index >= 15 is 0 Å². The van der Waals surface area contributed by atoms with Crippen molar-refractivity contribution in [1.82, 2.24) is 4.90 Å². The molecule has 5 nitrogen and oxygen atoms in total. The van der Waals surface area contributed by atoms with Crippen LogP contribution in [0.2, 0.25) is 0 Å². The number of hydrogen-bond donors (Lipinski definition) is 1. The van der Waals surface area contributed by atoms with Gasteiger partial charge >= 0.3 is 0 Å². The van der Waals surface area contributed by atoms with Crippen molar-refractivity contribution in [3.05, 3.63) is 71.3 Å². The van der Waals surface area contributed by atoms with E-state index in [1.165, 1.54) is 30.5 Å². The molecule has 2 heterocycles. The Bertz CT molecular complexity index is 1260. The van der Waals surface area contributed by atoms with E-state index < -0.39 is 11.7 Å². The third kappa shape index (κ3) is 2.39. The molecule has 5 heteroatoms. The zero-order valence-corrected chi connectivity index (χ0v) is 21.2. The number of likely N-dealkylation sites (tertiary alicyclic amines) is 1. The molecule has 2 aliphatic heterocycles. The molecule has 3 fully saturated rings. The number of benzene rings is 2. The minimum atomic E-state index is -0.709. The van der Waals surface area contributed by atoms with Crippen LogP contribution in [0.5, 0.6) is 11.5 Å². The lowest BCUT2D eigenvalue weighted by Crippen LogP contribution is -2.79. The van der Waals surface area contributed by atoms with Crippen molar-refractivity contribution in [1.29, 1.82) is 0 Å². The molecule has 2 spiro atoms. The molecule has 2 aromatic rings. The Morgan fingerprint density at radius 1 is 1.11 bits per heavy atom. The average Bonchev–Trinajstić information content (AvgIpc) is 3.67. The normalized spacial score (nSPS) is 40.0. The Morgan fingerprint density at radius 3 is 2.69 bits per heavy atom. The van der Waals surface area contributed by atoms with E-state index in [1.54, 1.807) is 14.2 Å². The Labute approximate surface area is 213 Å². The number of aliphatic hydroxyl groups is 1. The minimum Gasteiger partial charge on any atom is -0.493 e. The van der Waals surface area contributed by atoms with Crippen LogP contribution in [0.1, 0.15) is 48.5 Å². The van der Waals surface area contributed by atoms with Crippen LogP contribution in [-0.4, -0.2) is 55.1 Å². The third-order valence-electron chi connectivity index (χ3n) is 10.9. The third-order valence-corrected chi connectivity index (χ3v) is 10.9. The summed E-state index contributed by atoms with van der Waals surface area (Å²) in [5.74, 6) is 2.48. The van der Waals surface area contributed by atoms with Crippen LogP contribution in [0.25, 0.3) is 0 Å². The summed E-state index contributed by atoms with van der Waals surface area (Å²) in [6.07, 6.45) is 9.68. The predicted molar refractivity (Wildman–Crippen MR) is 136 cm³/mol. The number of methoxy groups -OCH3 is 2. The van der Waals surface area contributed by atoms with Crippen LogP contribution in [0.15, 0.2) is 54.6 Å². The second-order valence-corrected chi connectivity index (χ2v) is 12.1. The van der Waals surface area contributed by atoms with Gasteiger partial charge in [0, 0.05) is 36.6 Å². The maximum absolute atomic E-state index is 11.9. The van der Waals surface area contributed by atoms with E-state index in [0.717, 1.165) is 48.8 Å². The van der Waals surface area contributed by atoms with Crippen molar-refractivity contribution >= 4 is 0 Å². The highest BCUT2D eigenvalue weighted by atomic mass is 16.6. The standard InChI is InChI=1S/C31H35NO4/c1-34-23-11-10-21-16-24-29-12-13-31(35-2,22(17-29)26(33)20-6-4-3-5-7-20)28-30(29,25(21)27(23)36-28)14-15-32(24)18-19-8-9-19/h3-7,10-13,19,22,24,26,28,33H,8-9,14-18H2,1-2H3/t22-,24-,26?,28-,29-,30+,31-/m1/s1. The first-order chi connectivity index (χ1) is 17.6. The zero-order chi connectivity index (χ0) is 24.3. The van der Waals surface area contributed by atoms with Gasteiger partial charge in [0.15, 0.2) is 11.5 Å². The Hall–Kier alpha value is -2.34. The van der Waals surface area contributed by atoms with Gasteiger partial charge in [0.1, 0.15) is 11.7 Å². The van der Waals surface area contributed by atoms with Gasteiger partial charge in [0.2, 0.25) is 0 Å². The van der Waals surface area contributed by atoms with Crippen molar-refractivity contribution in [2.24, 2.45) is 17.3 Å². The molecule has 188 valence electrons. The summed E-state index contributed by atoms with van der Waals surface area (Å²) < 4.78 is 19.4. The molecule has 2 saturated carbocycles. The molecular formula is C31H35NO4. The van der Waals surface area contributed by atoms with Crippen LogP contribution in [0, 0.1) is 17.3 Å². The van der Waals surface area contributed by atoms with Crippen LogP contribution < -0.4 is 9.47 Å². The number of piperidine rings is 1. The van der Waals surface area contributed by atoms with Crippen LogP contribution in [0.3, 0.4) is 0 Å². The lowest BCUT2D eigenvalue weighted by Gasteiger charge is -2.71. The summed E-state index contributed by atoms with van der Waals surface area (Å²) in [5, 5.41) is 11.9. The number of nitrogens with zero attached hydrogens (tertiary/aromatic N) is 1. The van der Waals surface area contributed by atoms with Gasteiger partial charge in [0.25, 0.3) is 0 Å². The maximum Gasteiger partial charge on any atom is 0.166 e. The number of rotatable bonds is 6. The van der Waals surface area contributed by atoms with Crippen molar-refractivity contribution in [2.75, 3.05) is 27.3 Å². The van der Waals surface area contributed by atoms with Crippen molar-refractivity contribution < 1.29 is 19.3 Å². The van der Waals surface area contributed by atoms with E-state index in [1.807, 2.05) is 30.3 Å². The van der Waals surface area contributed by atoms with Crippen molar-refractivity contribution in [3.8, 4) is 11.5 Å². The fourth-order valence-corrected chi connectivity index (χ4v) is 9.22. The number of aliphatic hydroxyl groups excluding tert-OH is 1. The van der Waals surface area contributed by atoms with E-state index in [4.69, 9.17) is 14.2 Å². The summed E-state index contributed by atoms with van der Waals surface area (Å²) in [7, 11) is 3.54. The molecule has 0 aromatic heterocycles. The van der Waals surface area contributed by atoms with Gasteiger partial charge in [-0.3, -0.25) is 4.90 Å². The van der Waals surface area contributed by atoms with Crippen LogP contribution >= 0.6 is 0 Å². The molecule has 7 atom stereocenters. The quantitative estimate of drug-likeness (QED) is 0.614. The summed E-state index contributed by atoms with van der Waals surface area (Å²) in [6, 6.07) is 14.9. The Morgan fingerprint density at radius 2 is 1.94 bits per heavy atom.